The normalized spacial score (nSPS) is 9.76. The zero-order chi connectivity index (χ0) is 13.0. The van der Waals surface area contributed by atoms with Crippen LogP contribution in [-0.2, 0) is 4.79 Å². The number of aromatic nitrogens is 1. The monoisotopic (exact) mass is 239 g/mol. The molecule has 0 aromatic carbocycles. The van der Waals surface area contributed by atoms with E-state index in [2.05, 4.69) is 10.3 Å². The van der Waals surface area contributed by atoms with Crippen LogP contribution in [0.15, 0.2) is 12.1 Å². The summed E-state index contributed by atoms with van der Waals surface area (Å²) in [5.41, 5.74) is 4.86. The summed E-state index contributed by atoms with van der Waals surface area (Å²) < 4.78 is 0. The predicted molar refractivity (Wildman–Crippen MR) is 62.9 cm³/mol. The second-order valence-corrected chi connectivity index (χ2v) is 3.37. The molecule has 1 aromatic heterocycles. The number of primary amides is 1. The smallest absolute Gasteiger partial charge is 0.311 e. The Morgan fingerprint density at radius 3 is 2.76 bits per heavy atom. The second kappa shape index (κ2) is 5.10. The number of anilines is 2. The molecule has 1 amide bonds. The largest absolute Gasteiger partial charge is 0.373 e. The molecular formula is C9H13N5O3. The van der Waals surface area contributed by atoms with E-state index in [-0.39, 0.29) is 18.1 Å². The highest BCUT2D eigenvalue weighted by Crippen LogP contribution is 2.26. The maximum absolute atomic E-state index is 10.8. The minimum Gasteiger partial charge on any atom is -0.373 e. The summed E-state index contributed by atoms with van der Waals surface area (Å²) in [6.07, 6.45) is 0. The number of nitro groups is 1. The molecule has 0 saturated carbocycles. The van der Waals surface area contributed by atoms with E-state index in [1.165, 1.54) is 24.1 Å². The number of hydrogen-bond acceptors (Lipinski definition) is 6. The van der Waals surface area contributed by atoms with Crippen LogP contribution < -0.4 is 16.0 Å². The highest BCUT2D eigenvalue weighted by atomic mass is 16.6. The molecule has 92 valence electrons. The number of amides is 1. The maximum Gasteiger partial charge on any atom is 0.311 e. The Labute approximate surface area is 97.6 Å². The van der Waals surface area contributed by atoms with Crippen LogP contribution in [0.2, 0.25) is 0 Å². The Morgan fingerprint density at radius 1 is 1.65 bits per heavy atom. The van der Waals surface area contributed by atoms with Crippen LogP contribution in [0.25, 0.3) is 0 Å². The van der Waals surface area contributed by atoms with Crippen LogP contribution in [0.1, 0.15) is 0 Å². The third kappa shape index (κ3) is 3.03. The van der Waals surface area contributed by atoms with Gasteiger partial charge in [0.2, 0.25) is 11.7 Å². The van der Waals surface area contributed by atoms with Gasteiger partial charge in [0.25, 0.3) is 0 Å². The van der Waals surface area contributed by atoms with Crippen molar-refractivity contribution in [3.63, 3.8) is 0 Å². The molecule has 0 aliphatic rings. The average molecular weight is 239 g/mol. The molecule has 1 heterocycles. The molecule has 3 N–H and O–H groups in total. The van der Waals surface area contributed by atoms with E-state index in [9.17, 15) is 14.9 Å². The molecule has 0 fully saturated rings. The van der Waals surface area contributed by atoms with Crippen molar-refractivity contribution in [2.24, 2.45) is 5.73 Å². The maximum atomic E-state index is 10.8. The van der Waals surface area contributed by atoms with Gasteiger partial charge in [0.15, 0.2) is 0 Å². The Kier molecular flexibility index (Phi) is 3.81. The SMILES string of the molecule is CNc1ccc([N+](=O)[O-])c(N(C)CC(N)=O)n1. The number of carbonyl (C=O) groups excluding carboxylic acids is 1. The number of likely N-dealkylation sites (N-methyl/N-ethyl adjacent to an activating group) is 1. The third-order valence-electron chi connectivity index (χ3n) is 2.06. The van der Waals surface area contributed by atoms with Crippen molar-refractivity contribution >= 4 is 23.2 Å². The number of nitrogens with zero attached hydrogens (tertiary/aromatic N) is 3. The lowest BCUT2D eigenvalue weighted by atomic mass is 10.3. The molecule has 8 heteroatoms. The molecule has 1 rings (SSSR count). The first-order valence-corrected chi connectivity index (χ1v) is 4.78. The standard InChI is InChI=1S/C9H13N5O3/c1-11-8-4-3-6(14(16)17)9(12-8)13(2)5-7(10)15/h3-4H,5H2,1-2H3,(H2,10,15)(H,11,12). The Morgan fingerprint density at radius 2 is 2.29 bits per heavy atom. The van der Waals surface area contributed by atoms with Crippen LogP contribution >= 0.6 is 0 Å². The first-order chi connectivity index (χ1) is 7.95. The van der Waals surface area contributed by atoms with Gasteiger partial charge in [0.1, 0.15) is 5.82 Å². The van der Waals surface area contributed by atoms with Crippen LogP contribution in [0.4, 0.5) is 17.3 Å². The van der Waals surface area contributed by atoms with E-state index in [0.717, 1.165) is 0 Å². The fourth-order valence-electron chi connectivity index (χ4n) is 1.31. The van der Waals surface area contributed by atoms with Gasteiger partial charge in [-0.15, -0.1) is 0 Å². The first-order valence-electron chi connectivity index (χ1n) is 4.78. The van der Waals surface area contributed by atoms with E-state index >= 15 is 0 Å². The topological polar surface area (TPSA) is 114 Å². The lowest BCUT2D eigenvalue weighted by Crippen LogP contribution is -2.31. The molecule has 17 heavy (non-hydrogen) atoms. The third-order valence-corrected chi connectivity index (χ3v) is 2.06. The molecule has 0 bridgehead atoms. The fourth-order valence-corrected chi connectivity index (χ4v) is 1.31. The lowest BCUT2D eigenvalue weighted by molar-refractivity contribution is -0.384. The van der Waals surface area contributed by atoms with Crippen LogP contribution in [-0.4, -0.2) is 36.5 Å². The van der Waals surface area contributed by atoms with Gasteiger partial charge < -0.3 is 16.0 Å². The Bertz CT molecular complexity index is 448. The van der Waals surface area contributed by atoms with Crippen LogP contribution in [0, 0.1) is 10.1 Å². The van der Waals surface area contributed by atoms with E-state index in [4.69, 9.17) is 5.73 Å². The molecule has 0 aliphatic carbocycles. The molecule has 8 nitrogen and oxygen atoms in total. The molecule has 0 radical (unpaired) electrons. The molecule has 0 spiro atoms. The number of pyridine rings is 1. The van der Waals surface area contributed by atoms with E-state index in [0.29, 0.717) is 5.82 Å². The zero-order valence-corrected chi connectivity index (χ0v) is 9.51. The van der Waals surface area contributed by atoms with Crippen molar-refractivity contribution in [3.05, 3.63) is 22.2 Å². The summed E-state index contributed by atoms with van der Waals surface area (Å²) in [4.78, 5) is 26.4. The minimum atomic E-state index is -0.585. The van der Waals surface area contributed by atoms with Gasteiger partial charge in [0.05, 0.1) is 11.5 Å². The molecule has 0 atom stereocenters. The molecule has 1 aromatic rings. The number of nitrogens with one attached hydrogen (secondary N) is 1. The van der Waals surface area contributed by atoms with Crippen molar-refractivity contribution in [2.75, 3.05) is 30.9 Å². The Balaban J connectivity index is 3.16. The lowest BCUT2D eigenvalue weighted by Gasteiger charge is -2.16. The Hall–Kier alpha value is -2.38. The minimum absolute atomic E-state index is 0.0978. The predicted octanol–water partition coefficient (Wildman–Crippen LogP) is -0.0470. The van der Waals surface area contributed by atoms with Gasteiger partial charge in [-0.1, -0.05) is 0 Å². The van der Waals surface area contributed by atoms with Gasteiger partial charge in [0, 0.05) is 20.2 Å². The molecule has 0 aliphatic heterocycles. The summed E-state index contributed by atoms with van der Waals surface area (Å²) in [7, 11) is 3.16. The summed E-state index contributed by atoms with van der Waals surface area (Å²) >= 11 is 0. The number of carbonyl (C=O) groups is 1. The van der Waals surface area contributed by atoms with Gasteiger partial charge in [-0.05, 0) is 6.07 Å². The van der Waals surface area contributed by atoms with E-state index < -0.39 is 10.8 Å². The van der Waals surface area contributed by atoms with Gasteiger partial charge in [-0.2, -0.15) is 0 Å². The number of nitrogens with two attached hydrogens (primary N) is 1. The zero-order valence-electron chi connectivity index (χ0n) is 9.51. The van der Waals surface area contributed by atoms with E-state index in [1.807, 2.05) is 0 Å². The average Bonchev–Trinajstić information content (AvgIpc) is 2.27. The van der Waals surface area contributed by atoms with Crippen LogP contribution in [0.5, 0.6) is 0 Å². The molecule has 0 saturated heterocycles. The van der Waals surface area contributed by atoms with Gasteiger partial charge in [-0.25, -0.2) is 4.98 Å². The second-order valence-electron chi connectivity index (χ2n) is 3.37. The van der Waals surface area contributed by atoms with Gasteiger partial charge >= 0.3 is 5.69 Å². The first kappa shape index (κ1) is 12.7. The summed E-state index contributed by atoms with van der Waals surface area (Å²) in [6, 6.07) is 2.81. The van der Waals surface area contributed by atoms with Crippen molar-refractivity contribution in [1.29, 1.82) is 0 Å². The summed E-state index contributed by atoms with van der Waals surface area (Å²) in [5, 5.41) is 13.6. The van der Waals surface area contributed by atoms with Crippen LogP contribution in [0.3, 0.4) is 0 Å². The van der Waals surface area contributed by atoms with Crippen molar-refractivity contribution in [1.82, 2.24) is 4.98 Å². The fraction of sp³-hybridized carbons (Fsp3) is 0.333. The molecular weight excluding hydrogens is 226 g/mol. The van der Waals surface area contributed by atoms with Gasteiger partial charge in [-0.3, -0.25) is 14.9 Å². The highest BCUT2D eigenvalue weighted by molar-refractivity contribution is 5.80. The number of hydrogen-bond donors (Lipinski definition) is 2. The van der Waals surface area contributed by atoms with Crippen molar-refractivity contribution in [3.8, 4) is 0 Å². The highest BCUT2D eigenvalue weighted by Gasteiger charge is 2.20. The summed E-state index contributed by atoms with van der Waals surface area (Å²) in [5.74, 6) is -0.0129. The number of rotatable bonds is 5. The van der Waals surface area contributed by atoms with E-state index in [1.54, 1.807) is 7.05 Å². The quantitative estimate of drug-likeness (QED) is 0.550. The summed E-state index contributed by atoms with van der Waals surface area (Å²) in [6.45, 7) is -0.138. The van der Waals surface area contributed by atoms with Crippen molar-refractivity contribution in [2.45, 2.75) is 0 Å². The molecule has 0 unspecified atom stereocenters. The van der Waals surface area contributed by atoms with Crippen molar-refractivity contribution < 1.29 is 9.72 Å².